The average Bonchev–Trinajstić information content (AvgIpc) is 2.85. The average molecular weight is 307 g/mol. The highest BCUT2D eigenvalue weighted by Gasteiger charge is 2.24. The summed E-state index contributed by atoms with van der Waals surface area (Å²) in [6.07, 6.45) is 1.68. The SMILES string of the molecule is CCN1CSC(=CNc2cccc(NC(=O)CO)c2)C1=O. The molecular formula is C14H17N3O3S. The lowest BCUT2D eigenvalue weighted by Crippen LogP contribution is -2.24. The number of rotatable bonds is 5. The summed E-state index contributed by atoms with van der Waals surface area (Å²) >= 11 is 1.49. The first-order chi connectivity index (χ1) is 10.1. The molecule has 0 spiro atoms. The van der Waals surface area contributed by atoms with E-state index >= 15 is 0 Å². The van der Waals surface area contributed by atoms with Gasteiger partial charge in [0.2, 0.25) is 5.91 Å². The van der Waals surface area contributed by atoms with Crippen LogP contribution in [0, 0.1) is 0 Å². The molecule has 1 aromatic carbocycles. The maximum Gasteiger partial charge on any atom is 0.262 e. The monoisotopic (exact) mass is 307 g/mol. The Bertz CT molecular complexity index is 574. The molecule has 1 aromatic rings. The third-order valence-electron chi connectivity index (χ3n) is 2.92. The molecule has 7 heteroatoms. The lowest BCUT2D eigenvalue weighted by atomic mass is 10.2. The quantitative estimate of drug-likeness (QED) is 0.717. The van der Waals surface area contributed by atoms with E-state index in [9.17, 15) is 9.59 Å². The summed E-state index contributed by atoms with van der Waals surface area (Å²) in [5.74, 6) is 0.237. The van der Waals surface area contributed by atoms with E-state index in [1.807, 2.05) is 13.0 Å². The van der Waals surface area contributed by atoms with Crippen LogP contribution in [0.3, 0.4) is 0 Å². The van der Waals surface area contributed by atoms with Crippen LogP contribution in [-0.4, -0.2) is 40.8 Å². The number of hydrogen-bond donors (Lipinski definition) is 3. The van der Waals surface area contributed by atoms with Crippen molar-refractivity contribution in [3.05, 3.63) is 35.4 Å². The Morgan fingerprint density at radius 2 is 2.24 bits per heavy atom. The highest BCUT2D eigenvalue weighted by Crippen LogP contribution is 2.27. The smallest absolute Gasteiger partial charge is 0.262 e. The van der Waals surface area contributed by atoms with E-state index in [2.05, 4.69) is 10.6 Å². The van der Waals surface area contributed by atoms with Gasteiger partial charge in [0, 0.05) is 24.1 Å². The summed E-state index contributed by atoms with van der Waals surface area (Å²) in [7, 11) is 0. The molecule has 0 aliphatic carbocycles. The second kappa shape index (κ2) is 7.14. The van der Waals surface area contributed by atoms with Crippen LogP contribution in [0.25, 0.3) is 0 Å². The van der Waals surface area contributed by atoms with Gasteiger partial charge in [-0.1, -0.05) is 17.8 Å². The predicted molar refractivity (Wildman–Crippen MR) is 83.7 cm³/mol. The highest BCUT2D eigenvalue weighted by atomic mass is 32.2. The van der Waals surface area contributed by atoms with E-state index in [0.717, 1.165) is 5.69 Å². The van der Waals surface area contributed by atoms with Crippen molar-refractivity contribution >= 4 is 35.0 Å². The predicted octanol–water partition coefficient (Wildman–Crippen LogP) is 1.42. The zero-order chi connectivity index (χ0) is 15.2. The first-order valence-electron chi connectivity index (χ1n) is 6.53. The molecule has 1 aliphatic rings. The summed E-state index contributed by atoms with van der Waals surface area (Å²) in [5.41, 5.74) is 1.33. The Morgan fingerprint density at radius 3 is 2.90 bits per heavy atom. The fraction of sp³-hybridized carbons (Fsp3) is 0.286. The number of amides is 2. The van der Waals surface area contributed by atoms with Gasteiger partial charge in [0.25, 0.3) is 5.91 Å². The number of thioether (sulfide) groups is 1. The Labute approximate surface area is 127 Å². The van der Waals surface area contributed by atoms with Crippen LogP contribution >= 0.6 is 11.8 Å². The van der Waals surface area contributed by atoms with Gasteiger partial charge in [0.05, 0.1) is 10.8 Å². The van der Waals surface area contributed by atoms with Crippen LogP contribution in [0.1, 0.15) is 6.92 Å². The van der Waals surface area contributed by atoms with Gasteiger partial charge in [-0.3, -0.25) is 9.59 Å². The van der Waals surface area contributed by atoms with E-state index in [1.54, 1.807) is 29.3 Å². The molecular weight excluding hydrogens is 290 g/mol. The molecule has 0 atom stereocenters. The lowest BCUT2D eigenvalue weighted by molar-refractivity contribution is -0.124. The second-order valence-electron chi connectivity index (χ2n) is 4.37. The summed E-state index contributed by atoms with van der Waals surface area (Å²) < 4.78 is 0. The number of nitrogens with one attached hydrogen (secondary N) is 2. The van der Waals surface area contributed by atoms with Crippen molar-refractivity contribution in [2.45, 2.75) is 6.92 Å². The number of anilines is 2. The third kappa shape index (κ3) is 3.99. The Balaban J connectivity index is 2.02. The van der Waals surface area contributed by atoms with Crippen LogP contribution in [0.15, 0.2) is 35.4 Å². The van der Waals surface area contributed by atoms with Gasteiger partial charge < -0.3 is 20.6 Å². The minimum Gasteiger partial charge on any atom is -0.387 e. The van der Waals surface area contributed by atoms with Crippen LogP contribution in [-0.2, 0) is 9.59 Å². The number of aliphatic hydroxyl groups excluding tert-OH is 1. The van der Waals surface area contributed by atoms with Crippen LogP contribution < -0.4 is 10.6 Å². The van der Waals surface area contributed by atoms with Crippen molar-refractivity contribution in [3.8, 4) is 0 Å². The normalized spacial score (nSPS) is 16.4. The largest absolute Gasteiger partial charge is 0.387 e. The standard InChI is InChI=1S/C14H17N3O3S/c1-2-17-9-21-12(14(17)20)7-15-10-4-3-5-11(6-10)16-13(19)8-18/h3-7,15,18H,2,8-9H2,1H3,(H,16,19). The zero-order valence-corrected chi connectivity index (χ0v) is 12.4. The maximum atomic E-state index is 11.9. The number of hydrogen-bond acceptors (Lipinski definition) is 5. The first kappa shape index (κ1) is 15.4. The first-order valence-corrected chi connectivity index (χ1v) is 7.52. The van der Waals surface area contributed by atoms with Gasteiger partial charge in [0.15, 0.2) is 0 Å². The van der Waals surface area contributed by atoms with E-state index < -0.39 is 12.5 Å². The van der Waals surface area contributed by atoms with Crippen molar-refractivity contribution in [2.75, 3.05) is 29.7 Å². The summed E-state index contributed by atoms with van der Waals surface area (Å²) in [6, 6.07) is 7.05. The Kier molecular flexibility index (Phi) is 5.24. The fourth-order valence-electron chi connectivity index (χ4n) is 1.80. The van der Waals surface area contributed by atoms with Gasteiger partial charge in [-0.05, 0) is 25.1 Å². The van der Waals surface area contributed by atoms with E-state index in [-0.39, 0.29) is 5.91 Å². The fourth-order valence-corrected chi connectivity index (χ4v) is 2.79. The molecule has 21 heavy (non-hydrogen) atoms. The molecule has 0 saturated carbocycles. The van der Waals surface area contributed by atoms with Gasteiger partial charge in [-0.2, -0.15) is 0 Å². The zero-order valence-electron chi connectivity index (χ0n) is 11.6. The van der Waals surface area contributed by atoms with Crippen molar-refractivity contribution in [1.29, 1.82) is 0 Å². The number of nitrogens with zero attached hydrogens (tertiary/aromatic N) is 1. The molecule has 1 aliphatic heterocycles. The van der Waals surface area contributed by atoms with Crippen LogP contribution in [0.5, 0.6) is 0 Å². The summed E-state index contributed by atoms with van der Waals surface area (Å²) in [4.78, 5) is 25.5. The van der Waals surface area contributed by atoms with Crippen molar-refractivity contribution in [2.24, 2.45) is 0 Å². The maximum absolute atomic E-state index is 11.9. The molecule has 1 fully saturated rings. The molecule has 0 bridgehead atoms. The topological polar surface area (TPSA) is 81.7 Å². The highest BCUT2D eigenvalue weighted by molar-refractivity contribution is 8.04. The van der Waals surface area contributed by atoms with Gasteiger partial charge in [-0.25, -0.2) is 0 Å². The number of benzene rings is 1. The summed E-state index contributed by atoms with van der Waals surface area (Å²) in [6.45, 7) is 2.09. The van der Waals surface area contributed by atoms with Gasteiger partial charge in [-0.15, -0.1) is 0 Å². The molecule has 1 heterocycles. The number of likely N-dealkylation sites (N-methyl/N-ethyl adjacent to an activating group) is 1. The van der Waals surface area contributed by atoms with Crippen LogP contribution in [0.2, 0.25) is 0 Å². The molecule has 1 saturated heterocycles. The van der Waals surface area contributed by atoms with Crippen molar-refractivity contribution < 1.29 is 14.7 Å². The van der Waals surface area contributed by atoms with Crippen molar-refractivity contribution in [1.82, 2.24) is 4.90 Å². The minimum absolute atomic E-state index is 0.0275. The number of aliphatic hydroxyl groups is 1. The van der Waals surface area contributed by atoms with Crippen molar-refractivity contribution in [3.63, 3.8) is 0 Å². The summed E-state index contributed by atoms with van der Waals surface area (Å²) in [5, 5.41) is 14.3. The number of carbonyl (C=O) groups excluding carboxylic acids is 2. The van der Waals surface area contributed by atoms with E-state index in [0.29, 0.717) is 23.0 Å². The Morgan fingerprint density at radius 1 is 1.48 bits per heavy atom. The molecule has 6 nitrogen and oxygen atoms in total. The second-order valence-corrected chi connectivity index (χ2v) is 5.36. The van der Waals surface area contributed by atoms with E-state index in [4.69, 9.17) is 5.11 Å². The van der Waals surface area contributed by atoms with E-state index in [1.165, 1.54) is 11.8 Å². The molecule has 0 unspecified atom stereocenters. The molecule has 112 valence electrons. The molecule has 2 rings (SSSR count). The molecule has 2 amide bonds. The van der Waals surface area contributed by atoms with Crippen LogP contribution in [0.4, 0.5) is 11.4 Å². The van der Waals surface area contributed by atoms with Gasteiger partial charge in [0.1, 0.15) is 6.61 Å². The van der Waals surface area contributed by atoms with Gasteiger partial charge >= 0.3 is 0 Å². The Hall–Kier alpha value is -1.99. The minimum atomic E-state index is -0.556. The number of carbonyl (C=O) groups is 2. The third-order valence-corrected chi connectivity index (χ3v) is 3.96. The molecule has 0 aromatic heterocycles. The lowest BCUT2D eigenvalue weighted by Gasteiger charge is -2.09. The molecule has 0 radical (unpaired) electrons. The molecule has 3 N–H and O–H groups in total.